The second-order valence-electron chi connectivity index (χ2n) is 8.23. The zero-order valence-corrected chi connectivity index (χ0v) is 18.3. The van der Waals surface area contributed by atoms with Crippen molar-refractivity contribution in [2.24, 2.45) is 5.73 Å². The summed E-state index contributed by atoms with van der Waals surface area (Å²) in [7, 11) is 0. The zero-order valence-electron chi connectivity index (χ0n) is 18.3. The van der Waals surface area contributed by atoms with Gasteiger partial charge in [-0.1, -0.05) is 30.3 Å². The number of pyridine rings is 1. The molecule has 0 saturated carbocycles. The second kappa shape index (κ2) is 10.4. The number of nitrogens with two attached hydrogens (primary N) is 1. The van der Waals surface area contributed by atoms with Crippen LogP contribution in [0.4, 0.5) is 0 Å². The molecule has 0 bridgehead atoms. The first kappa shape index (κ1) is 22.6. The van der Waals surface area contributed by atoms with Crippen LogP contribution in [0.3, 0.4) is 0 Å². The predicted molar refractivity (Wildman–Crippen MR) is 122 cm³/mol. The van der Waals surface area contributed by atoms with Crippen LogP contribution in [-0.4, -0.2) is 61.8 Å². The fraction of sp³-hybridized carbons (Fsp3) is 0.333. The number of carbonyl (C=O) groups excluding carboxylic acids is 2. The van der Waals surface area contributed by atoms with Crippen molar-refractivity contribution < 1.29 is 14.7 Å². The first-order chi connectivity index (χ1) is 16.0. The molecule has 2 atom stereocenters. The molecule has 1 saturated heterocycles. The summed E-state index contributed by atoms with van der Waals surface area (Å²) in [4.78, 5) is 31.6. The normalized spacial score (nSPS) is 15.8. The molecule has 172 valence electrons. The van der Waals surface area contributed by atoms with Crippen molar-refractivity contribution in [3.8, 4) is 5.82 Å². The van der Waals surface area contributed by atoms with Gasteiger partial charge in [-0.3, -0.25) is 14.5 Å². The third-order valence-corrected chi connectivity index (χ3v) is 5.76. The Hall–Kier alpha value is -3.56. The monoisotopic (exact) mass is 448 g/mol. The molecule has 1 aromatic carbocycles. The molecule has 3 heterocycles. The fourth-order valence-corrected chi connectivity index (χ4v) is 4.04. The standard InChI is InChI=1S/C24H28N6O3/c25-22(32)21(31)20(15-17-7-2-1-3-8-17)27-24(33)19-9-6-11-26-23(19)30-14-10-18(28-30)16-29-12-4-5-13-29/h1-3,6-11,14,20-21,31H,4-5,12-13,15-16H2,(H2,25,32)(H,27,33)/t20-,21-/m1/s1. The second-order valence-corrected chi connectivity index (χ2v) is 8.23. The smallest absolute Gasteiger partial charge is 0.255 e. The van der Waals surface area contributed by atoms with E-state index in [4.69, 9.17) is 5.73 Å². The van der Waals surface area contributed by atoms with Crippen molar-refractivity contribution in [2.75, 3.05) is 13.1 Å². The molecule has 9 nitrogen and oxygen atoms in total. The quantitative estimate of drug-likeness (QED) is 0.449. The summed E-state index contributed by atoms with van der Waals surface area (Å²) in [6.45, 7) is 2.88. The number of likely N-dealkylation sites (tertiary alicyclic amines) is 1. The number of aromatic nitrogens is 3. The van der Waals surface area contributed by atoms with Gasteiger partial charge in [-0.05, 0) is 56.1 Å². The summed E-state index contributed by atoms with van der Waals surface area (Å²) >= 11 is 0. The third kappa shape index (κ3) is 5.63. The van der Waals surface area contributed by atoms with Crippen molar-refractivity contribution in [3.05, 3.63) is 77.7 Å². The van der Waals surface area contributed by atoms with E-state index in [2.05, 4.69) is 20.3 Å². The zero-order chi connectivity index (χ0) is 23.2. The lowest BCUT2D eigenvalue weighted by molar-refractivity contribution is -0.127. The van der Waals surface area contributed by atoms with Gasteiger partial charge in [-0.2, -0.15) is 5.10 Å². The highest BCUT2D eigenvalue weighted by Crippen LogP contribution is 2.16. The molecule has 1 fully saturated rings. The number of rotatable bonds is 9. The van der Waals surface area contributed by atoms with Gasteiger partial charge in [0.25, 0.3) is 5.91 Å². The molecular formula is C24H28N6O3. The lowest BCUT2D eigenvalue weighted by atomic mass is 10.0. The largest absolute Gasteiger partial charge is 0.381 e. The van der Waals surface area contributed by atoms with Crippen LogP contribution in [0.1, 0.15) is 34.5 Å². The van der Waals surface area contributed by atoms with Gasteiger partial charge in [0.05, 0.1) is 17.3 Å². The maximum Gasteiger partial charge on any atom is 0.255 e. The first-order valence-corrected chi connectivity index (χ1v) is 11.1. The van der Waals surface area contributed by atoms with E-state index in [-0.39, 0.29) is 12.0 Å². The summed E-state index contributed by atoms with van der Waals surface area (Å²) in [5.41, 5.74) is 7.36. The molecule has 1 aliphatic rings. The van der Waals surface area contributed by atoms with Gasteiger partial charge in [-0.15, -0.1) is 0 Å². The summed E-state index contributed by atoms with van der Waals surface area (Å²) in [5.74, 6) is -1.01. The predicted octanol–water partition coefficient (Wildman–Crippen LogP) is 1.05. The molecule has 2 amide bonds. The Morgan fingerprint density at radius 2 is 1.85 bits per heavy atom. The van der Waals surface area contributed by atoms with Gasteiger partial charge >= 0.3 is 0 Å². The van der Waals surface area contributed by atoms with Gasteiger partial charge in [0.2, 0.25) is 5.91 Å². The summed E-state index contributed by atoms with van der Waals surface area (Å²) in [6.07, 6.45) is 4.48. The lowest BCUT2D eigenvalue weighted by Crippen LogP contribution is -2.50. The Bertz CT molecular complexity index is 1090. The summed E-state index contributed by atoms with van der Waals surface area (Å²) in [6, 6.07) is 13.6. The highest BCUT2D eigenvalue weighted by Gasteiger charge is 2.28. The van der Waals surface area contributed by atoms with E-state index in [0.29, 0.717) is 5.82 Å². The SMILES string of the molecule is NC(=O)[C@H](O)[C@@H](Cc1ccccc1)NC(=O)c1cccnc1-n1ccc(CN2CCCC2)n1. The molecule has 0 radical (unpaired) electrons. The number of primary amides is 1. The van der Waals surface area contributed by atoms with Crippen LogP contribution in [0, 0.1) is 0 Å². The van der Waals surface area contributed by atoms with Crippen LogP contribution in [-0.2, 0) is 17.8 Å². The number of benzene rings is 1. The van der Waals surface area contributed by atoms with Crippen LogP contribution < -0.4 is 11.1 Å². The van der Waals surface area contributed by atoms with E-state index in [0.717, 1.165) is 30.9 Å². The van der Waals surface area contributed by atoms with Crippen molar-refractivity contribution >= 4 is 11.8 Å². The Morgan fingerprint density at radius 3 is 2.58 bits per heavy atom. The Morgan fingerprint density at radius 1 is 1.09 bits per heavy atom. The number of hydrogen-bond donors (Lipinski definition) is 3. The Labute approximate surface area is 192 Å². The van der Waals surface area contributed by atoms with E-state index in [1.807, 2.05) is 36.4 Å². The number of amides is 2. The maximum atomic E-state index is 13.2. The molecule has 9 heteroatoms. The number of aliphatic hydroxyl groups is 1. The fourth-order valence-electron chi connectivity index (χ4n) is 4.04. The van der Waals surface area contributed by atoms with Gasteiger partial charge in [0, 0.05) is 18.9 Å². The van der Waals surface area contributed by atoms with Gasteiger partial charge in [0.1, 0.15) is 0 Å². The molecule has 0 unspecified atom stereocenters. The molecule has 4 N–H and O–H groups in total. The first-order valence-electron chi connectivity index (χ1n) is 11.1. The van der Waals surface area contributed by atoms with Crippen LogP contribution in [0.2, 0.25) is 0 Å². The average Bonchev–Trinajstić information content (AvgIpc) is 3.51. The Balaban J connectivity index is 1.54. The molecule has 0 aliphatic carbocycles. The van der Waals surface area contributed by atoms with E-state index in [1.165, 1.54) is 12.8 Å². The maximum absolute atomic E-state index is 13.2. The van der Waals surface area contributed by atoms with Crippen molar-refractivity contribution in [1.29, 1.82) is 0 Å². The number of carbonyl (C=O) groups is 2. The molecule has 2 aromatic heterocycles. The molecule has 0 spiro atoms. The van der Waals surface area contributed by atoms with Crippen LogP contribution in [0.25, 0.3) is 5.82 Å². The van der Waals surface area contributed by atoms with E-state index >= 15 is 0 Å². The van der Waals surface area contributed by atoms with Crippen molar-refractivity contribution in [2.45, 2.75) is 38.0 Å². The highest BCUT2D eigenvalue weighted by atomic mass is 16.3. The number of nitrogens with zero attached hydrogens (tertiary/aromatic N) is 4. The highest BCUT2D eigenvalue weighted by molar-refractivity contribution is 5.97. The van der Waals surface area contributed by atoms with E-state index in [9.17, 15) is 14.7 Å². The topological polar surface area (TPSA) is 126 Å². The summed E-state index contributed by atoms with van der Waals surface area (Å²) in [5, 5.41) is 17.7. The van der Waals surface area contributed by atoms with Gasteiger partial charge in [0.15, 0.2) is 11.9 Å². The van der Waals surface area contributed by atoms with Gasteiger partial charge < -0.3 is 16.2 Å². The molecular weight excluding hydrogens is 420 g/mol. The molecule has 33 heavy (non-hydrogen) atoms. The lowest BCUT2D eigenvalue weighted by Gasteiger charge is -2.22. The van der Waals surface area contributed by atoms with Crippen molar-refractivity contribution in [1.82, 2.24) is 25.0 Å². The Kier molecular flexibility index (Phi) is 7.11. The molecule has 3 aromatic rings. The molecule has 4 rings (SSSR count). The van der Waals surface area contributed by atoms with Gasteiger partial charge in [-0.25, -0.2) is 9.67 Å². The average molecular weight is 449 g/mol. The number of aliphatic hydroxyl groups excluding tert-OH is 1. The molecule has 1 aliphatic heterocycles. The third-order valence-electron chi connectivity index (χ3n) is 5.76. The van der Waals surface area contributed by atoms with Crippen molar-refractivity contribution in [3.63, 3.8) is 0 Å². The minimum atomic E-state index is -1.54. The minimum absolute atomic E-state index is 0.244. The van der Waals surface area contributed by atoms with Crippen LogP contribution in [0.5, 0.6) is 0 Å². The van der Waals surface area contributed by atoms with E-state index in [1.54, 1.807) is 29.2 Å². The minimum Gasteiger partial charge on any atom is -0.381 e. The summed E-state index contributed by atoms with van der Waals surface area (Å²) < 4.78 is 1.58. The van der Waals surface area contributed by atoms with Crippen LogP contribution >= 0.6 is 0 Å². The van der Waals surface area contributed by atoms with Crippen LogP contribution in [0.15, 0.2) is 60.9 Å². The van der Waals surface area contributed by atoms with E-state index < -0.39 is 24.0 Å². The number of hydrogen-bond acceptors (Lipinski definition) is 6. The number of nitrogens with one attached hydrogen (secondary N) is 1.